The largest absolute Gasteiger partial charge is 0.394 e. The standard InChI is InChI=1S/C5H9BrO5/c6-11-5-4(9)3(8)2(1-7)10-5/h2-5,7-9H,1H2/t2-,3-,4-,5?/m1/s1. The van der Waals surface area contributed by atoms with Gasteiger partial charge >= 0.3 is 0 Å². The highest BCUT2D eigenvalue weighted by molar-refractivity contribution is 9.06. The summed E-state index contributed by atoms with van der Waals surface area (Å²) in [6.45, 7) is -0.342. The Bertz CT molecular complexity index is 114. The van der Waals surface area contributed by atoms with Crippen molar-refractivity contribution >= 4 is 16.3 Å². The highest BCUT2D eigenvalue weighted by Gasteiger charge is 2.42. The van der Waals surface area contributed by atoms with Gasteiger partial charge in [-0.1, -0.05) is 0 Å². The molecule has 1 saturated heterocycles. The van der Waals surface area contributed by atoms with Crippen LogP contribution in [0.25, 0.3) is 0 Å². The maximum atomic E-state index is 9.12. The summed E-state index contributed by atoms with van der Waals surface area (Å²) in [5.74, 6) is 0. The van der Waals surface area contributed by atoms with Gasteiger partial charge < -0.3 is 20.1 Å². The van der Waals surface area contributed by atoms with E-state index in [2.05, 4.69) is 20.1 Å². The van der Waals surface area contributed by atoms with E-state index in [9.17, 15) is 0 Å². The molecule has 3 N–H and O–H groups in total. The second kappa shape index (κ2) is 3.79. The van der Waals surface area contributed by atoms with Gasteiger partial charge in [0, 0.05) is 0 Å². The molecule has 0 aromatic carbocycles. The molecule has 5 nitrogen and oxygen atoms in total. The average Bonchev–Trinajstić information content (AvgIpc) is 2.30. The molecule has 0 amide bonds. The Morgan fingerprint density at radius 2 is 2.00 bits per heavy atom. The lowest BCUT2D eigenvalue weighted by molar-refractivity contribution is -0.103. The van der Waals surface area contributed by atoms with Crippen LogP contribution in [0.15, 0.2) is 0 Å². The van der Waals surface area contributed by atoms with E-state index in [1.165, 1.54) is 0 Å². The highest BCUT2D eigenvalue weighted by atomic mass is 79.9. The Balaban J connectivity index is 2.53. The van der Waals surface area contributed by atoms with Crippen LogP contribution >= 0.6 is 16.3 Å². The summed E-state index contributed by atoms with van der Waals surface area (Å²) < 4.78 is 9.36. The summed E-state index contributed by atoms with van der Waals surface area (Å²) in [5.41, 5.74) is 0. The van der Waals surface area contributed by atoms with Gasteiger partial charge in [0.15, 0.2) is 6.29 Å². The zero-order valence-corrected chi connectivity index (χ0v) is 7.14. The molecule has 1 aliphatic heterocycles. The SMILES string of the molecule is OC[C@H]1OC(OBr)[C@H](O)[C@@H]1O. The van der Waals surface area contributed by atoms with Crippen LogP contribution in [0.1, 0.15) is 0 Å². The molecular weight excluding hydrogens is 220 g/mol. The fourth-order valence-electron chi connectivity index (χ4n) is 0.939. The first-order chi connectivity index (χ1) is 5.20. The second-order valence-corrected chi connectivity index (χ2v) is 2.67. The summed E-state index contributed by atoms with van der Waals surface area (Å²) in [5, 5.41) is 26.8. The number of halogens is 1. The van der Waals surface area contributed by atoms with Crippen LogP contribution in [0, 0.1) is 0 Å². The molecule has 1 unspecified atom stereocenters. The third-order valence-corrected chi connectivity index (χ3v) is 1.95. The maximum absolute atomic E-state index is 9.12. The molecule has 11 heavy (non-hydrogen) atoms. The summed E-state index contributed by atoms with van der Waals surface area (Å²) in [6.07, 6.45) is -3.90. The van der Waals surface area contributed by atoms with Crippen LogP contribution in [0.2, 0.25) is 0 Å². The minimum Gasteiger partial charge on any atom is -0.394 e. The first-order valence-corrected chi connectivity index (χ1v) is 3.75. The van der Waals surface area contributed by atoms with Crippen molar-refractivity contribution in [2.24, 2.45) is 0 Å². The van der Waals surface area contributed by atoms with Gasteiger partial charge in [-0.15, -0.1) is 0 Å². The minimum absolute atomic E-state index is 0.342. The van der Waals surface area contributed by atoms with Gasteiger partial charge in [-0.25, -0.2) is 0 Å². The molecule has 1 fully saturated rings. The number of rotatable bonds is 2. The van der Waals surface area contributed by atoms with E-state index in [4.69, 9.17) is 20.1 Å². The van der Waals surface area contributed by atoms with Gasteiger partial charge in [0.1, 0.15) is 34.6 Å². The van der Waals surface area contributed by atoms with Gasteiger partial charge in [-0.2, -0.15) is 0 Å². The van der Waals surface area contributed by atoms with Crippen molar-refractivity contribution in [1.29, 1.82) is 0 Å². The maximum Gasteiger partial charge on any atom is 0.199 e. The highest BCUT2D eigenvalue weighted by Crippen LogP contribution is 2.22. The van der Waals surface area contributed by atoms with E-state index in [-0.39, 0.29) is 6.61 Å². The van der Waals surface area contributed by atoms with Crippen LogP contribution < -0.4 is 0 Å². The molecule has 0 aliphatic carbocycles. The average molecular weight is 229 g/mol. The minimum atomic E-state index is -1.12. The van der Waals surface area contributed by atoms with Gasteiger partial charge in [0.25, 0.3) is 0 Å². The normalized spacial score (nSPS) is 44.7. The summed E-state index contributed by atoms with van der Waals surface area (Å²) in [4.78, 5) is 0. The first kappa shape index (κ1) is 9.37. The Labute approximate surface area is 72.0 Å². The third kappa shape index (κ3) is 1.71. The van der Waals surface area contributed by atoms with Crippen molar-refractivity contribution < 1.29 is 23.9 Å². The Morgan fingerprint density at radius 1 is 1.36 bits per heavy atom. The van der Waals surface area contributed by atoms with E-state index < -0.39 is 24.6 Å². The van der Waals surface area contributed by atoms with Crippen LogP contribution in [0.5, 0.6) is 0 Å². The van der Waals surface area contributed by atoms with Gasteiger partial charge in [0.05, 0.1) is 6.61 Å². The molecule has 6 heteroatoms. The van der Waals surface area contributed by atoms with Crippen LogP contribution in [0.4, 0.5) is 0 Å². The molecule has 4 atom stereocenters. The van der Waals surface area contributed by atoms with Crippen molar-refractivity contribution in [1.82, 2.24) is 0 Å². The predicted molar refractivity (Wildman–Crippen MR) is 37.8 cm³/mol. The zero-order valence-electron chi connectivity index (χ0n) is 5.55. The topological polar surface area (TPSA) is 79.2 Å². The molecule has 0 bridgehead atoms. The van der Waals surface area contributed by atoms with Gasteiger partial charge in [-0.05, 0) is 0 Å². The van der Waals surface area contributed by atoms with Gasteiger partial charge in [-0.3, -0.25) is 3.83 Å². The van der Waals surface area contributed by atoms with E-state index >= 15 is 0 Å². The number of aliphatic hydroxyl groups is 3. The lowest BCUT2D eigenvalue weighted by Crippen LogP contribution is -2.33. The quantitative estimate of drug-likeness (QED) is 0.551. The molecule has 0 aromatic rings. The van der Waals surface area contributed by atoms with Crippen molar-refractivity contribution in [2.75, 3.05) is 6.61 Å². The first-order valence-electron chi connectivity index (χ1n) is 3.10. The van der Waals surface area contributed by atoms with E-state index in [1.807, 2.05) is 0 Å². The molecule has 0 saturated carbocycles. The molecule has 1 rings (SSSR count). The molecule has 0 radical (unpaired) electrons. The Kier molecular flexibility index (Phi) is 3.23. The van der Waals surface area contributed by atoms with Crippen molar-refractivity contribution in [3.63, 3.8) is 0 Å². The van der Waals surface area contributed by atoms with Crippen LogP contribution in [-0.2, 0) is 8.57 Å². The summed E-state index contributed by atoms with van der Waals surface area (Å²) >= 11 is 2.62. The monoisotopic (exact) mass is 228 g/mol. The Morgan fingerprint density at radius 3 is 2.27 bits per heavy atom. The third-order valence-electron chi connectivity index (χ3n) is 1.59. The predicted octanol–water partition coefficient (Wildman–Crippen LogP) is -1.25. The molecule has 1 aliphatic rings. The summed E-state index contributed by atoms with van der Waals surface area (Å²) in [7, 11) is 0. The van der Waals surface area contributed by atoms with E-state index in [0.29, 0.717) is 0 Å². The fourth-order valence-corrected chi connectivity index (χ4v) is 1.25. The van der Waals surface area contributed by atoms with Crippen molar-refractivity contribution in [3.05, 3.63) is 0 Å². The second-order valence-electron chi connectivity index (χ2n) is 2.30. The fraction of sp³-hybridized carbons (Fsp3) is 1.00. The molecule has 0 spiro atoms. The molecule has 66 valence electrons. The number of hydrogen-bond acceptors (Lipinski definition) is 5. The number of aliphatic hydroxyl groups excluding tert-OH is 3. The lowest BCUT2D eigenvalue weighted by Gasteiger charge is -2.10. The molecule has 0 aromatic heterocycles. The van der Waals surface area contributed by atoms with E-state index in [0.717, 1.165) is 0 Å². The zero-order chi connectivity index (χ0) is 8.43. The number of hydrogen-bond donors (Lipinski definition) is 3. The van der Waals surface area contributed by atoms with Crippen molar-refractivity contribution in [2.45, 2.75) is 24.6 Å². The van der Waals surface area contributed by atoms with Crippen LogP contribution in [0.3, 0.4) is 0 Å². The Hall–Kier alpha value is 0.280. The lowest BCUT2D eigenvalue weighted by atomic mass is 10.1. The smallest absolute Gasteiger partial charge is 0.199 e. The van der Waals surface area contributed by atoms with E-state index in [1.54, 1.807) is 0 Å². The van der Waals surface area contributed by atoms with Gasteiger partial charge in [0.2, 0.25) is 0 Å². The molecule has 1 heterocycles. The van der Waals surface area contributed by atoms with Crippen molar-refractivity contribution in [3.8, 4) is 0 Å². The van der Waals surface area contributed by atoms with Crippen LogP contribution in [-0.4, -0.2) is 46.5 Å². The number of ether oxygens (including phenoxy) is 1. The molecular formula is C5H9BrO5. The summed E-state index contributed by atoms with van der Waals surface area (Å²) in [6, 6.07) is 0.